The van der Waals surface area contributed by atoms with Crippen molar-refractivity contribution >= 4 is 11.7 Å². The molecule has 3 rings (SSSR count). The number of hydrogen-bond donors (Lipinski definition) is 0. The van der Waals surface area contributed by atoms with E-state index in [0.29, 0.717) is 22.6 Å². The molecule has 6 nitrogen and oxygen atoms in total. The van der Waals surface area contributed by atoms with Crippen molar-refractivity contribution in [3.8, 4) is 0 Å². The predicted molar refractivity (Wildman–Crippen MR) is 108 cm³/mol. The van der Waals surface area contributed by atoms with E-state index < -0.39 is 53.0 Å². The summed E-state index contributed by atoms with van der Waals surface area (Å²) < 4.78 is 92.5. The number of likely N-dealkylation sites (N-methyl/N-ethyl adjacent to an activating group) is 1. The fraction of sp³-hybridized carbons (Fsp3) is 0.381. The maximum absolute atomic E-state index is 13.3. The quantitative estimate of drug-likeness (QED) is 0.419. The van der Waals surface area contributed by atoms with Crippen LogP contribution in [0, 0.1) is 10.7 Å². The summed E-state index contributed by atoms with van der Waals surface area (Å²) in [6.07, 6.45) is -10.1. The molecule has 1 fully saturated rings. The Kier molecular flexibility index (Phi) is 6.76. The molecular weight excluding hydrogens is 473 g/mol. The van der Waals surface area contributed by atoms with E-state index in [-0.39, 0.29) is 19.2 Å². The zero-order valence-electron chi connectivity index (χ0n) is 17.9. The third-order valence-corrected chi connectivity index (χ3v) is 5.73. The normalized spacial score (nSPS) is 18.7. The molecule has 2 amide bonds. The third kappa shape index (κ3) is 5.23. The van der Waals surface area contributed by atoms with Gasteiger partial charge in [-0.3, -0.25) is 9.91 Å². The zero-order chi connectivity index (χ0) is 25.4. The molecule has 1 saturated heterocycles. The highest BCUT2D eigenvalue weighted by atomic mass is 19.4. The van der Waals surface area contributed by atoms with E-state index in [1.807, 2.05) is 0 Å². The number of nitrogens with zero attached hydrogens (tertiary/aromatic N) is 4. The Labute approximate surface area is 189 Å². The van der Waals surface area contributed by atoms with Gasteiger partial charge in [0.15, 0.2) is 0 Å². The number of urea groups is 1. The van der Waals surface area contributed by atoms with Gasteiger partial charge in [-0.05, 0) is 35.9 Å². The van der Waals surface area contributed by atoms with Crippen molar-refractivity contribution in [3.63, 3.8) is 0 Å². The van der Waals surface area contributed by atoms with E-state index >= 15 is 0 Å². The predicted octanol–water partition coefficient (Wildman–Crippen LogP) is 5.50. The molecule has 1 aliphatic heterocycles. The Balaban J connectivity index is 1.93. The van der Waals surface area contributed by atoms with Gasteiger partial charge in [-0.25, -0.2) is 9.18 Å². The first kappa shape index (κ1) is 25.2. The maximum atomic E-state index is 13.3. The summed E-state index contributed by atoms with van der Waals surface area (Å²) in [6, 6.07) is 4.57. The lowest BCUT2D eigenvalue weighted by Crippen LogP contribution is -2.47. The molecule has 0 bridgehead atoms. The maximum Gasteiger partial charge on any atom is 0.416 e. The van der Waals surface area contributed by atoms with Gasteiger partial charge >= 0.3 is 18.4 Å². The Morgan fingerprint density at radius 3 is 1.94 bits per heavy atom. The minimum absolute atomic E-state index is 0.0271. The Bertz CT molecular complexity index is 1020. The van der Waals surface area contributed by atoms with Gasteiger partial charge in [-0.1, -0.05) is 12.1 Å². The van der Waals surface area contributed by atoms with E-state index in [2.05, 4.69) is 5.29 Å². The van der Waals surface area contributed by atoms with Gasteiger partial charge in [-0.15, -0.1) is 4.91 Å². The standard InChI is InChI=1S/C21H19F7N4O2/c1-30(16-8-13(20(23,24)25)7-14(9-16)21(26,27)28)19(33)31(2)18-11-32(29-34)10-17(18)12-3-5-15(22)6-4-12/h3-9,17-18H,10-11H2,1-2H3. The summed E-state index contributed by atoms with van der Waals surface area (Å²) in [5.74, 6) is -1.01. The third-order valence-electron chi connectivity index (χ3n) is 5.73. The van der Waals surface area contributed by atoms with Crippen molar-refractivity contribution in [1.82, 2.24) is 9.91 Å². The summed E-state index contributed by atoms with van der Waals surface area (Å²) in [4.78, 5) is 26.0. The summed E-state index contributed by atoms with van der Waals surface area (Å²) in [5.41, 5.74) is -3.14. The number of amides is 2. The topological polar surface area (TPSA) is 56.2 Å². The minimum Gasteiger partial charge on any atom is -0.322 e. The Morgan fingerprint density at radius 1 is 0.941 bits per heavy atom. The van der Waals surface area contributed by atoms with Crippen LogP contribution in [-0.4, -0.2) is 49.2 Å². The van der Waals surface area contributed by atoms with Crippen LogP contribution < -0.4 is 4.90 Å². The fourth-order valence-corrected chi connectivity index (χ4v) is 3.88. The number of alkyl halides is 6. The summed E-state index contributed by atoms with van der Waals surface area (Å²) >= 11 is 0. The number of hydrogen-bond acceptors (Lipinski definition) is 3. The van der Waals surface area contributed by atoms with Crippen molar-refractivity contribution < 1.29 is 35.5 Å². The average Bonchev–Trinajstić information content (AvgIpc) is 3.21. The monoisotopic (exact) mass is 492 g/mol. The lowest BCUT2D eigenvalue weighted by atomic mass is 9.93. The number of rotatable bonds is 4. The number of carbonyl (C=O) groups is 1. The molecule has 34 heavy (non-hydrogen) atoms. The molecule has 0 spiro atoms. The first-order valence-electron chi connectivity index (χ1n) is 9.86. The van der Waals surface area contributed by atoms with Gasteiger partial charge in [-0.2, -0.15) is 26.3 Å². The molecular formula is C21H19F7N4O2. The highest BCUT2D eigenvalue weighted by Crippen LogP contribution is 2.39. The van der Waals surface area contributed by atoms with Crippen molar-refractivity contribution in [2.75, 3.05) is 32.1 Å². The van der Waals surface area contributed by atoms with Crippen LogP contribution in [-0.2, 0) is 12.4 Å². The van der Waals surface area contributed by atoms with Crippen LogP contribution in [0.1, 0.15) is 22.6 Å². The molecule has 13 heteroatoms. The lowest BCUT2D eigenvalue weighted by Gasteiger charge is -2.32. The largest absolute Gasteiger partial charge is 0.416 e. The van der Waals surface area contributed by atoms with E-state index in [1.54, 1.807) is 0 Å². The van der Waals surface area contributed by atoms with E-state index in [4.69, 9.17) is 0 Å². The van der Waals surface area contributed by atoms with Gasteiger partial charge in [0, 0.05) is 32.2 Å². The van der Waals surface area contributed by atoms with Crippen molar-refractivity contribution in [1.29, 1.82) is 0 Å². The van der Waals surface area contributed by atoms with Gasteiger partial charge in [0.2, 0.25) is 0 Å². The smallest absolute Gasteiger partial charge is 0.322 e. The molecule has 1 aliphatic rings. The molecule has 2 aromatic rings. The molecule has 1 heterocycles. The molecule has 0 aliphatic carbocycles. The second kappa shape index (κ2) is 9.11. The van der Waals surface area contributed by atoms with E-state index in [0.717, 1.165) is 17.0 Å². The number of anilines is 1. The average molecular weight is 492 g/mol. The van der Waals surface area contributed by atoms with Crippen LogP contribution in [0.25, 0.3) is 0 Å². The van der Waals surface area contributed by atoms with Crippen LogP contribution >= 0.6 is 0 Å². The number of carbonyl (C=O) groups excluding carboxylic acids is 1. The molecule has 2 atom stereocenters. The van der Waals surface area contributed by atoms with Gasteiger partial charge in [0.25, 0.3) is 0 Å². The Morgan fingerprint density at radius 2 is 1.47 bits per heavy atom. The summed E-state index contributed by atoms with van der Waals surface area (Å²) in [7, 11) is 2.36. The number of halogens is 7. The van der Waals surface area contributed by atoms with Gasteiger partial charge < -0.3 is 4.90 Å². The Hall–Kier alpha value is -3.38. The lowest BCUT2D eigenvalue weighted by molar-refractivity contribution is -0.143. The van der Waals surface area contributed by atoms with Crippen molar-refractivity contribution in [2.45, 2.75) is 24.3 Å². The molecule has 2 aromatic carbocycles. The molecule has 0 saturated carbocycles. The van der Waals surface area contributed by atoms with Gasteiger partial charge in [0.05, 0.1) is 29.0 Å². The zero-order valence-corrected chi connectivity index (χ0v) is 17.9. The molecule has 184 valence electrons. The molecule has 0 aromatic heterocycles. The second-order valence-electron chi connectivity index (χ2n) is 7.90. The van der Waals surface area contributed by atoms with Crippen LogP contribution in [0.15, 0.2) is 47.8 Å². The van der Waals surface area contributed by atoms with Gasteiger partial charge in [0.1, 0.15) is 5.82 Å². The minimum atomic E-state index is -5.07. The highest BCUT2D eigenvalue weighted by molar-refractivity contribution is 5.92. The SMILES string of the molecule is CN(C(=O)N(C)C1CN(N=O)CC1c1ccc(F)cc1)c1cc(C(F)(F)F)cc(C(F)(F)F)c1. The summed E-state index contributed by atoms with van der Waals surface area (Å²) in [6.45, 7) is 0.0565. The van der Waals surface area contributed by atoms with Crippen molar-refractivity contribution in [3.05, 3.63) is 69.9 Å². The van der Waals surface area contributed by atoms with Crippen LogP contribution in [0.3, 0.4) is 0 Å². The first-order chi connectivity index (χ1) is 15.7. The van der Waals surface area contributed by atoms with Crippen LogP contribution in [0.4, 0.5) is 41.2 Å². The van der Waals surface area contributed by atoms with Crippen LogP contribution in [0.5, 0.6) is 0 Å². The summed E-state index contributed by atoms with van der Waals surface area (Å²) in [5, 5.41) is 3.99. The number of nitroso groups, excluding NO2 is 1. The molecule has 0 radical (unpaired) electrons. The second-order valence-corrected chi connectivity index (χ2v) is 7.90. The van der Waals surface area contributed by atoms with E-state index in [1.165, 1.54) is 31.3 Å². The van der Waals surface area contributed by atoms with Crippen LogP contribution in [0.2, 0.25) is 0 Å². The van der Waals surface area contributed by atoms with E-state index in [9.17, 15) is 40.4 Å². The fourth-order valence-electron chi connectivity index (χ4n) is 3.88. The molecule has 2 unspecified atom stereocenters. The van der Waals surface area contributed by atoms with Crippen molar-refractivity contribution in [2.24, 2.45) is 5.29 Å². The molecule has 0 N–H and O–H groups in total. The first-order valence-corrected chi connectivity index (χ1v) is 9.86. The highest BCUT2D eigenvalue weighted by Gasteiger charge is 2.41. The number of benzene rings is 2.